The first-order valence-corrected chi connectivity index (χ1v) is 10.0. The number of imide groups is 1. The molecule has 1 atom stereocenters. The molecule has 0 unspecified atom stereocenters. The second-order valence-corrected chi connectivity index (χ2v) is 7.99. The number of hydrogen-bond acceptors (Lipinski definition) is 4. The summed E-state index contributed by atoms with van der Waals surface area (Å²) < 4.78 is 0. The standard InChI is InChI=1S/C21H29N3O2/c1-16-5-7-18(8-6-16)24-20(25)15-19(21(24)26)23-13-9-17(10-14-23)22-11-3-2-4-12-22/h5-8,17,19H,2-4,9-15H2,1H3/t19-/m0/s1. The van der Waals surface area contributed by atoms with Gasteiger partial charge in [0.05, 0.1) is 18.2 Å². The van der Waals surface area contributed by atoms with Gasteiger partial charge in [-0.05, 0) is 57.8 Å². The first-order chi connectivity index (χ1) is 12.6. The molecule has 0 aliphatic carbocycles. The van der Waals surface area contributed by atoms with Crippen molar-refractivity contribution in [3.8, 4) is 0 Å². The highest BCUT2D eigenvalue weighted by Gasteiger charge is 2.43. The molecule has 5 nitrogen and oxygen atoms in total. The van der Waals surface area contributed by atoms with Gasteiger partial charge in [0.2, 0.25) is 5.91 Å². The molecular weight excluding hydrogens is 326 g/mol. The van der Waals surface area contributed by atoms with Crippen LogP contribution in [0, 0.1) is 6.92 Å². The molecule has 0 spiro atoms. The molecule has 0 radical (unpaired) electrons. The van der Waals surface area contributed by atoms with Gasteiger partial charge in [0.25, 0.3) is 5.91 Å². The molecule has 1 aromatic rings. The minimum absolute atomic E-state index is 0.0460. The number of likely N-dealkylation sites (tertiary alicyclic amines) is 2. The van der Waals surface area contributed by atoms with Crippen LogP contribution in [0.4, 0.5) is 5.69 Å². The van der Waals surface area contributed by atoms with E-state index >= 15 is 0 Å². The van der Waals surface area contributed by atoms with Crippen LogP contribution in [-0.2, 0) is 9.59 Å². The molecule has 0 N–H and O–H groups in total. The van der Waals surface area contributed by atoms with Gasteiger partial charge in [0, 0.05) is 19.1 Å². The topological polar surface area (TPSA) is 43.9 Å². The summed E-state index contributed by atoms with van der Waals surface area (Å²) in [7, 11) is 0. The summed E-state index contributed by atoms with van der Waals surface area (Å²) in [4.78, 5) is 31.7. The first kappa shape index (κ1) is 17.7. The van der Waals surface area contributed by atoms with E-state index in [1.165, 1.54) is 37.3 Å². The van der Waals surface area contributed by atoms with E-state index in [-0.39, 0.29) is 17.9 Å². The number of piperidine rings is 2. The highest BCUT2D eigenvalue weighted by atomic mass is 16.2. The van der Waals surface area contributed by atoms with Crippen LogP contribution in [0.2, 0.25) is 0 Å². The number of hydrogen-bond donors (Lipinski definition) is 0. The van der Waals surface area contributed by atoms with E-state index in [0.717, 1.165) is 31.5 Å². The van der Waals surface area contributed by atoms with Gasteiger partial charge in [-0.3, -0.25) is 14.5 Å². The van der Waals surface area contributed by atoms with Crippen molar-refractivity contribution in [1.82, 2.24) is 9.80 Å². The number of nitrogens with zero attached hydrogens (tertiary/aromatic N) is 3. The van der Waals surface area contributed by atoms with Crippen molar-refractivity contribution in [3.05, 3.63) is 29.8 Å². The van der Waals surface area contributed by atoms with Crippen molar-refractivity contribution in [1.29, 1.82) is 0 Å². The molecule has 1 aromatic carbocycles. The maximum absolute atomic E-state index is 12.9. The van der Waals surface area contributed by atoms with Crippen molar-refractivity contribution in [3.63, 3.8) is 0 Å². The molecule has 4 rings (SSSR count). The molecule has 3 heterocycles. The van der Waals surface area contributed by atoms with Crippen molar-refractivity contribution in [2.75, 3.05) is 31.1 Å². The Hall–Kier alpha value is -1.72. The predicted molar refractivity (Wildman–Crippen MR) is 102 cm³/mol. The van der Waals surface area contributed by atoms with E-state index in [2.05, 4.69) is 9.80 Å². The summed E-state index contributed by atoms with van der Waals surface area (Å²) in [5, 5.41) is 0. The third kappa shape index (κ3) is 3.42. The lowest BCUT2D eigenvalue weighted by molar-refractivity contribution is -0.123. The van der Waals surface area contributed by atoms with Gasteiger partial charge in [0.15, 0.2) is 0 Å². The number of benzene rings is 1. The zero-order valence-corrected chi connectivity index (χ0v) is 15.7. The highest BCUT2D eigenvalue weighted by Crippen LogP contribution is 2.29. The molecule has 2 amide bonds. The summed E-state index contributed by atoms with van der Waals surface area (Å²) in [6, 6.07) is 8.03. The zero-order chi connectivity index (χ0) is 18.1. The second-order valence-electron chi connectivity index (χ2n) is 7.99. The largest absolute Gasteiger partial charge is 0.300 e. The Labute approximate surface area is 155 Å². The first-order valence-electron chi connectivity index (χ1n) is 10.0. The lowest BCUT2D eigenvalue weighted by atomic mass is 9.98. The monoisotopic (exact) mass is 355 g/mol. The fourth-order valence-electron chi connectivity index (χ4n) is 4.71. The highest BCUT2D eigenvalue weighted by molar-refractivity contribution is 6.22. The van der Waals surface area contributed by atoms with Crippen LogP contribution in [0.5, 0.6) is 0 Å². The number of anilines is 1. The zero-order valence-electron chi connectivity index (χ0n) is 15.7. The number of amides is 2. The lowest BCUT2D eigenvalue weighted by Crippen LogP contribution is -2.51. The molecule has 0 bridgehead atoms. The van der Waals surface area contributed by atoms with E-state index in [1.807, 2.05) is 31.2 Å². The smallest absolute Gasteiger partial charge is 0.251 e. The van der Waals surface area contributed by atoms with Gasteiger partial charge in [-0.1, -0.05) is 24.1 Å². The fourth-order valence-corrected chi connectivity index (χ4v) is 4.71. The Bertz CT molecular complexity index is 658. The molecule has 0 saturated carbocycles. The van der Waals surface area contributed by atoms with E-state index in [9.17, 15) is 9.59 Å². The molecule has 5 heteroatoms. The van der Waals surface area contributed by atoms with Gasteiger partial charge < -0.3 is 4.90 Å². The van der Waals surface area contributed by atoms with Gasteiger partial charge in [-0.15, -0.1) is 0 Å². The van der Waals surface area contributed by atoms with Crippen LogP contribution >= 0.6 is 0 Å². The predicted octanol–water partition coefficient (Wildman–Crippen LogP) is 2.58. The molecule has 26 heavy (non-hydrogen) atoms. The van der Waals surface area contributed by atoms with E-state index in [0.29, 0.717) is 18.2 Å². The van der Waals surface area contributed by atoms with Gasteiger partial charge >= 0.3 is 0 Å². The van der Waals surface area contributed by atoms with E-state index in [1.54, 1.807) is 0 Å². The Morgan fingerprint density at radius 2 is 1.50 bits per heavy atom. The van der Waals surface area contributed by atoms with Crippen LogP contribution < -0.4 is 4.90 Å². The third-order valence-electron chi connectivity index (χ3n) is 6.26. The van der Waals surface area contributed by atoms with Crippen molar-refractivity contribution < 1.29 is 9.59 Å². The summed E-state index contributed by atoms with van der Waals surface area (Å²) in [5.41, 5.74) is 1.83. The maximum Gasteiger partial charge on any atom is 0.251 e. The molecular formula is C21H29N3O2. The van der Waals surface area contributed by atoms with E-state index < -0.39 is 0 Å². The molecule has 0 aromatic heterocycles. The third-order valence-corrected chi connectivity index (χ3v) is 6.26. The maximum atomic E-state index is 12.9. The quantitative estimate of drug-likeness (QED) is 0.782. The Morgan fingerprint density at radius 1 is 0.846 bits per heavy atom. The Morgan fingerprint density at radius 3 is 2.15 bits per heavy atom. The minimum Gasteiger partial charge on any atom is -0.300 e. The molecule has 3 aliphatic heterocycles. The van der Waals surface area contributed by atoms with Crippen molar-refractivity contribution in [2.24, 2.45) is 0 Å². The molecule has 140 valence electrons. The summed E-state index contributed by atoms with van der Waals surface area (Å²) in [5.74, 6) is -0.114. The second kappa shape index (κ2) is 7.49. The van der Waals surface area contributed by atoms with Crippen molar-refractivity contribution >= 4 is 17.5 Å². The van der Waals surface area contributed by atoms with Crippen molar-refractivity contribution in [2.45, 2.75) is 57.5 Å². The van der Waals surface area contributed by atoms with Crippen LogP contribution in [0.3, 0.4) is 0 Å². The van der Waals surface area contributed by atoms with Crippen LogP contribution in [0.1, 0.15) is 44.1 Å². The van der Waals surface area contributed by atoms with Gasteiger partial charge in [-0.25, -0.2) is 4.90 Å². The van der Waals surface area contributed by atoms with Crippen LogP contribution in [-0.4, -0.2) is 59.9 Å². The van der Waals surface area contributed by atoms with Gasteiger partial charge in [-0.2, -0.15) is 0 Å². The normalized spacial score (nSPS) is 26.7. The summed E-state index contributed by atoms with van der Waals surface area (Å²) in [6.45, 7) is 6.31. The van der Waals surface area contributed by atoms with E-state index in [4.69, 9.17) is 0 Å². The summed E-state index contributed by atoms with van der Waals surface area (Å²) in [6.07, 6.45) is 6.55. The molecule has 3 fully saturated rings. The number of rotatable bonds is 3. The fraction of sp³-hybridized carbons (Fsp3) is 0.619. The average Bonchev–Trinajstić information content (AvgIpc) is 2.98. The molecule has 3 aliphatic rings. The number of aryl methyl sites for hydroxylation is 1. The Kier molecular flexibility index (Phi) is 5.09. The van der Waals surface area contributed by atoms with Gasteiger partial charge in [0.1, 0.15) is 0 Å². The Balaban J connectivity index is 1.39. The number of carbonyl (C=O) groups is 2. The minimum atomic E-state index is -0.272. The number of carbonyl (C=O) groups excluding carboxylic acids is 2. The average molecular weight is 355 g/mol. The summed E-state index contributed by atoms with van der Waals surface area (Å²) >= 11 is 0. The van der Waals surface area contributed by atoms with Crippen LogP contribution in [0.15, 0.2) is 24.3 Å². The SMILES string of the molecule is Cc1ccc(N2C(=O)C[C@H](N3CCC(N4CCCCC4)CC3)C2=O)cc1. The van der Waals surface area contributed by atoms with Crippen LogP contribution in [0.25, 0.3) is 0 Å². The lowest BCUT2D eigenvalue weighted by Gasteiger charge is -2.41. The molecule has 3 saturated heterocycles.